The summed E-state index contributed by atoms with van der Waals surface area (Å²) in [6, 6.07) is 6.49. The fraction of sp³-hybridized carbons (Fsp3) is 0.500. The Hall–Kier alpha value is -1.88. The van der Waals surface area contributed by atoms with Gasteiger partial charge >= 0.3 is 0 Å². The van der Waals surface area contributed by atoms with Crippen LogP contribution in [0.1, 0.15) is 54.3 Å². The lowest BCUT2D eigenvalue weighted by atomic mass is 10.1. The van der Waals surface area contributed by atoms with E-state index in [9.17, 15) is 14.7 Å². The highest BCUT2D eigenvalue weighted by Crippen LogP contribution is 2.07. The first-order valence-electron chi connectivity index (χ1n) is 7.31. The molecule has 0 saturated carbocycles. The van der Waals surface area contributed by atoms with Crippen LogP contribution in [0.5, 0.6) is 0 Å². The van der Waals surface area contributed by atoms with E-state index in [1.54, 1.807) is 31.2 Å². The van der Waals surface area contributed by atoms with E-state index in [0.717, 1.165) is 6.42 Å². The first-order valence-corrected chi connectivity index (χ1v) is 7.31. The van der Waals surface area contributed by atoms with Crippen LogP contribution in [-0.4, -0.2) is 35.6 Å². The van der Waals surface area contributed by atoms with E-state index in [2.05, 4.69) is 10.6 Å². The highest BCUT2D eigenvalue weighted by Gasteiger charge is 2.13. The fourth-order valence-electron chi connectivity index (χ4n) is 2.02. The zero-order valence-electron chi connectivity index (χ0n) is 12.8. The largest absolute Gasteiger partial charge is 0.393 e. The molecule has 0 aliphatic rings. The summed E-state index contributed by atoms with van der Waals surface area (Å²) in [4.78, 5) is 24.0. The van der Waals surface area contributed by atoms with Crippen LogP contribution in [0.25, 0.3) is 0 Å². The smallest absolute Gasteiger partial charge is 0.251 e. The molecule has 0 radical (unpaired) electrons. The molecule has 3 N–H and O–H groups in total. The lowest BCUT2D eigenvalue weighted by Gasteiger charge is -2.15. The van der Waals surface area contributed by atoms with Gasteiger partial charge < -0.3 is 15.7 Å². The number of hydrogen-bond donors (Lipinski definition) is 3. The maximum Gasteiger partial charge on any atom is 0.251 e. The topological polar surface area (TPSA) is 78.4 Å². The maximum absolute atomic E-state index is 12.1. The number of benzene rings is 1. The van der Waals surface area contributed by atoms with Crippen molar-refractivity contribution in [3.05, 3.63) is 35.4 Å². The lowest BCUT2D eigenvalue weighted by molar-refractivity contribution is 0.0923. The van der Waals surface area contributed by atoms with Crippen LogP contribution in [-0.2, 0) is 0 Å². The van der Waals surface area contributed by atoms with Crippen molar-refractivity contribution in [2.24, 2.45) is 0 Å². The number of carbonyl (C=O) groups excluding carboxylic acids is 2. The molecular weight excluding hydrogens is 268 g/mol. The van der Waals surface area contributed by atoms with Crippen molar-refractivity contribution in [2.75, 3.05) is 6.54 Å². The number of aliphatic hydroxyl groups excluding tert-OH is 1. The molecule has 1 aromatic carbocycles. The summed E-state index contributed by atoms with van der Waals surface area (Å²) in [5, 5.41) is 14.9. The van der Waals surface area contributed by atoms with Crippen LogP contribution in [0.2, 0.25) is 0 Å². The molecule has 0 saturated heterocycles. The van der Waals surface area contributed by atoms with Crippen LogP contribution in [0.3, 0.4) is 0 Å². The van der Waals surface area contributed by atoms with Gasteiger partial charge in [0.1, 0.15) is 0 Å². The van der Waals surface area contributed by atoms with E-state index in [4.69, 9.17) is 0 Å². The molecule has 21 heavy (non-hydrogen) atoms. The van der Waals surface area contributed by atoms with Crippen molar-refractivity contribution in [1.82, 2.24) is 10.6 Å². The van der Waals surface area contributed by atoms with E-state index in [-0.39, 0.29) is 17.9 Å². The fourth-order valence-corrected chi connectivity index (χ4v) is 2.02. The molecule has 0 bridgehead atoms. The summed E-state index contributed by atoms with van der Waals surface area (Å²) in [5.74, 6) is -0.420. The number of aliphatic hydroxyl groups is 1. The Labute approximate surface area is 125 Å². The van der Waals surface area contributed by atoms with E-state index in [1.807, 2.05) is 13.8 Å². The quantitative estimate of drug-likeness (QED) is 0.716. The van der Waals surface area contributed by atoms with Gasteiger partial charge in [-0.05, 0) is 44.9 Å². The lowest BCUT2D eigenvalue weighted by Crippen LogP contribution is -2.34. The molecule has 5 nitrogen and oxygen atoms in total. The Bertz CT molecular complexity index is 486. The summed E-state index contributed by atoms with van der Waals surface area (Å²) < 4.78 is 0. The molecule has 0 heterocycles. The standard InChI is InChI=1S/C16H24N2O3/c1-4-8-17-15(20)13-6-5-7-14(10-13)16(21)18-11(2)9-12(3)19/h5-7,10-12,19H,4,8-9H2,1-3H3,(H,17,20)(H,18,21)/t11-,12+/m1/s1. The summed E-state index contributed by atoms with van der Waals surface area (Å²) in [6.07, 6.45) is 0.886. The number of amides is 2. The zero-order chi connectivity index (χ0) is 15.8. The van der Waals surface area contributed by atoms with Gasteiger partial charge in [-0.3, -0.25) is 9.59 Å². The van der Waals surface area contributed by atoms with Crippen molar-refractivity contribution in [2.45, 2.75) is 45.8 Å². The zero-order valence-corrected chi connectivity index (χ0v) is 12.8. The van der Waals surface area contributed by atoms with Gasteiger partial charge in [-0.25, -0.2) is 0 Å². The Morgan fingerprint density at radius 3 is 2.38 bits per heavy atom. The molecule has 0 fully saturated rings. The second-order valence-corrected chi connectivity index (χ2v) is 5.30. The van der Waals surface area contributed by atoms with Crippen molar-refractivity contribution < 1.29 is 14.7 Å². The molecule has 2 amide bonds. The van der Waals surface area contributed by atoms with Crippen LogP contribution in [0.4, 0.5) is 0 Å². The average molecular weight is 292 g/mol. The van der Waals surface area contributed by atoms with Crippen LogP contribution in [0.15, 0.2) is 24.3 Å². The summed E-state index contributed by atoms with van der Waals surface area (Å²) in [6.45, 7) is 6.11. The van der Waals surface area contributed by atoms with E-state index in [0.29, 0.717) is 24.1 Å². The second kappa shape index (κ2) is 8.42. The van der Waals surface area contributed by atoms with E-state index < -0.39 is 6.10 Å². The third-order valence-electron chi connectivity index (χ3n) is 2.99. The predicted molar refractivity (Wildman–Crippen MR) is 82.3 cm³/mol. The van der Waals surface area contributed by atoms with Gasteiger partial charge in [0.15, 0.2) is 0 Å². The molecule has 0 spiro atoms. The first kappa shape index (κ1) is 17.2. The third-order valence-corrected chi connectivity index (χ3v) is 2.99. The SMILES string of the molecule is CCCNC(=O)c1cccc(C(=O)N[C@H](C)C[C@H](C)O)c1. The Morgan fingerprint density at radius 1 is 1.19 bits per heavy atom. The summed E-state index contributed by atoms with van der Waals surface area (Å²) in [7, 11) is 0. The third kappa shape index (κ3) is 5.95. The minimum absolute atomic E-state index is 0.130. The molecule has 0 aliphatic heterocycles. The van der Waals surface area contributed by atoms with Gasteiger partial charge in [0.25, 0.3) is 11.8 Å². The molecule has 2 atom stereocenters. The van der Waals surface area contributed by atoms with E-state index >= 15 is 0 Å². The number of rotatable bonds is 7. The van der Waals surface area contributed by atoms with E-state index in [1.165, 1.54) is 0 Å². The molecule has 0 unspecified atom stereocenters. The molecule has 0 aliphatic carbocycles. The summed E-state index contributed by atoms with van der Waals surface area (Å²) >= 11 is 0. The molecule has 5 heteroatoms. The van der Waals surface area contributed by atoms with Gasteiger partial charge in [-0.2, -0.15) is 0 Å². The van der Waals surface area contributed by atoms with Gasteiger partial charge in [0.05, 0.1) is 6.10 Å². The number of carbonyl (C=O) groups is 2. The normalized spacial score (nSPS) is 13.3. The molecule has 0 aromatic heterocycles. The maximum atomic E-state index is 12.1. The van der Waals surface area contributed by atoms with Crippen LogP contribution >= 0.6 is 0 Å². The van der Waals surface area contributed by atoms with Crippen molar-refractivity contribution in [3.8, 4) is 0 Å². The second-order valence-electron chi connectivity index (χ2n) is 5.30. The van der Waals surface area contributed by atoms with Crippen molar-refractivity contribution in [1.29, 1.82) is 0 Å². The Balaban J connectivity index is 2.70. The monoisotopic (exact) mass is 292 g/mol. The number of hydrogen-bond acceptors (Lipinski definition) is 3. The molecule has 116 valence electrons. The molecular formula is C16H24N2O3. The first-order chi connectivity index (χ1) is 9.93. The molecule has 1 rings (SSSR count). The average Bonchev–Trinajstić information content (AvgIpc) is 2.43. The van der Waals surface area contributed by atoms with Crippen LogP contribution in [0, 0.1) is 0 Å². The van der Waals surface area contributed by atoms with Crippen molar-refractivity contribution >= 4 is 11.8 Å². The van der Waals surface area contributed by atoms with Gasteiger partial charge in [0.2, 0.25) is 0 Å². The van der Waals surface area contributed by atoms with Gasteiger partial charge in [0, 0.05) is 23.7 Å². The van der Waals surface area contributed by atoms with Gasteiger partial charge in [-0.15, -0.1) is 0 Å². The van der Waals surface area contributed by atoms with Crippen molar-refractivity contribution in [3.63, 3.8) is 0 Å². The van der Waals surface area contributed by atoms with Crippen LogP contribution < -0.4 is 10.6 Å². The number of nitrogens with one attached hydrogen (secondary N) is 2. The Kier molecular flexibility index (Phi) is 6.88. The predicted octanol–water partition coefficient (Wildman–Crippen LogP) is 1.72. The van der Waals surface area contributed by atoms with Gasteiger partial charge in [-0.1, -0.05) is 13.0 Å². The minimum atomic E-state index is -0.466. The molecule has 1 aromatic rings. The summed E-state index contributed by atoms with van der Waals surface area (Å²) in [5.41, 5.74) is 0.913. The minimum Gasteiger partial charge on any atom is -0.393 e. The highest BCUT2D eigenvalue weighted by atomic mass is 16.3. The Morgan fingerprint density at radius 2 is 1.81 bits per heavy atom. The highest BCUT2D eigenvalue weighted by molar-refractivity contribution is 5.99.